The molecule has 0 aliphatic carbocycles. The Hall–Kier alpha value is -1.46. The van der Waals surface area contributed by atoms with Crippen molar-refractivity contribution >= 4 is 5.97 Å². The summed E-state index contributed by atoms with van der Waals surface area (Å²) < 4.78 is 18.6. The number of hydrogen-bond donors (Lipinski definition) is 2. The molecule has 0 saturated carbocycles. The highest BCUT2D eigenvalue weighted by Crippen LogP contribution is 2.27. The van der Waals surface area contributed by atoms with Gasteiger partial charge in [-0.25, -0.2) is 9.82 Å². The molecule has 2 rings (SSSR count). The maximum atomic E-state index is 13.6. The fourth-order valence-electron chi connectivity index (χ4n) is 1.99. The minimum absolute atomic E-state index is 0.307. The maximum Gasteiger partial charge on any atom is 0.312 e. The third-order valence-corrected chi connectivity index (χ3v) is 2.81. The summed E-state index contributed by atoms with van der Waals surface area (Å²) in [6.07, 6.45) is 0. The quantitative estimate of drug-likeness (QED) is 0.776. The average Bonchev–Trinajstić information content (AvgIpc) is 2.79. The second kappa shape index (κ2) is 5.25. The SMILES string of the molecule is CCOC(=O)C1CNNC1c1ccccc1F. The molecule has 17 heavy (non-hydrogen) atoms. The largest absolute Gasteiger partial charge is 0.466 e. The first-order chi connectivity index (χ1) is 8.24. The molecule has 1 saturated heterocycles. The molecule has 0 spiro atoms. The van der Waals surface area contributed by atoms with Gasteiger partial charge in [-0.05, 0) is 13.0 Å². The van der Waals surface area contributed by atoms with E-state index in [4.69, 9.17) is 4.74 Å². The minimum atomic E-state index is -0.396. The van der Waals surface area contributed by atoms with Crippen LogP contribution in [0.4, 0.5) is 4.39 Å². The van der Waals surface area contributed by atoms with E-state index in [0.29, 0.717) is 18.7 Å². The van der Waals surface area contributed by atoms with Gasteiger partial charge in [0.1, 0.15) is 5.82 Å². The standard InChI is InChI=1S/C12H15FN2O2/c1-2-17-12(16)9-7-14-15-11(9)8-5-3-4-6-10(8)13/h3-6,9,11,14-15H,2,7H2,1H3. The number of carbonyl (C=O) groups excluding carboxylic acids is 1. The molecule has 0 aromatic heterocycles. The number of carbonyl (C=O) groups is 1. The zero-order chi connectivity index (χ0) is 12.3. The van der Waals surface area contributed by atoms with Gasteiger partial charge < -0.3 is 4.74 Å². The van der Waals surface area contributed by atoms with Gasteiger partial charge in [0, 0.05) is 12.1 Å². The Morgan fingerprint density at radius 3 is 3.00 bits per heavy atom. The Balaban J connectivity index is 2.20. The second-order valence-corrected chi connectivity index (χ2v) is 3.88. The van der Waals surface area contributed by atoms with E-state index < -0.39 is 5.92 Å². The monoisotopic (exact) mass is 238 g/mol. The predicted molar refractivity (Wildman–Crippen MR) is 60.4 cm³/mol. The van der Waals surface area contributed by atoms with E-state index in [1.165, 1.54) is 6.07 Å². The Morgan fingerprint density at radius 2 is 2.29 bits per heavy atom. The molecule has 1 aromatic rings. The molecule has 4 nitrogen and oxygen atoms in total. The van der Waals surface area contributed by atoms with Crippen molar-refractivity contribution in [2.24, 2.45) is 5.92 Å². The van der Waals surface area contributed by atoms with Crippen LogP contribution in [-0.2, 0) is 9.53 Å². The van der Waals surface area contributed by atoms with Crippen LogP contribution in [0.3, 0.4) is 0 Å². The van der Waals surface area contributed by atoms with Crippen LogP contribution in [0.5, 0.6) is 0 Å². The number of nitrogens with one attached hydrogen (secondary N) is 2. The van der Waals surface area contributed by atoms with Crippen LogP contribution < -0.4 is 10.9 Å². The normalized spacial score (nSPS) is 23.6. The van der Waals surface area contributed by atoms with Crippen LogP contribution in [0.2, 0.25) is 0 Å². The van der Waals surface area contributed by atoms with Gasteiger partial charge in [-0.3, -0.25) is 10.2 Å². The van der Waals surface area contributed by atoms with Crippen molar-refractivity contribution < 1.29 is 13.9 Å². The van der Waals surface area contributed by atoms with E-state index in [9.17, 15) is 9.18 Å². The fourth-order valence-corrected chi connectivity index (χ4v) is 1.99. The third kappa shape index (κ3) is 2.45. The van der Waals surface area contributed by atoms with E-state index in [1.807, 2.05) is 0 Å². The van der Waals surface area contributed by atoms with Gasteiger partial charge in [0.25, 0.3) is 0 Å². The van der Waals surface area contributed by atoms with Crippen molar-refractivity contribution in [2.75, 3.05) is 13.2 Å². The lowest BCUT2D eigenvalue weighted by Crippen LogP contribution is -2.28. The number of rotatable bonds is 3. The molecular weight excluding hydrogens is 223 g/mol. The smallest absolute Gasteiger partial charge is 0.312 e. The molecule has 2 N–H and O–H groups in total. The average molecular weight is 238 g/mol. The van der Waals surface area contributed by atoms with E-state index in [1.54, 1.807) is 25.1 Å². The Bertz CT molecular complexity index is 411. The Morgan fingerprint density at radius 1 is 1.53 bits per heavy atom. The first kappa shape index (κ1) is 12.0. The lowest BCUT2D eigenvalue weighted by Gasteiger charge is -2.17. The first-order valence-electron chi connectivity index (χ1n) is 5.63. The lowest BCUT2D eigenvalue weighted by molar-refractivity contribution is -0.147. The number of hydrogen-bond acceptors (Lipinski definition) is 4. The number of esters is 1. The molecule has 0 radical (unpaired) electrons. The number of ether oxygens (including phenoxy) is 1. The van der Waals surface area contributed by atoms with Crippen LogP contribution >= 0.6 is 0 Å². The number of halogens is 1. The van der Waals surface area contributed by atoms with Gasteiger partial charge in [-0.1, -0.05) is 18.2 Å². The third-order valence-electron chi connectivity index (χ3n) is 2.81. The van der Waals surface area contributed by atoms with E-state index in [0.717, 1.165) is 0 Å². The van der Waals surface area contributed by atoms with Gasteiger partial charge in [0.05, 0.1) is 18.6 Å². The molecular formula is C12H15FN2O2. The van der Waals surface area contributed by atoms with Crippen molar-refractivity contribution in [2.45, 2.75) is 13.0 Å². The summed E-state index contributed by atoms with van der Waals surface area (Å²) in [7, 11) is 0. The molecule has 1 aromatic carbocycles. The van der Waals surface area contributed by atoms with Crippen LogP contribution in [0.15, 0.2) is 24.3 Å². The van der Waals surface area contributed by atoms with Crippen LogP contribution in [0.25, 0.3) is 0 Å². The molecule has 5 heteroatoms. The summed E-state index contributed by atoms with van der Waals surface area (Å²) in [6.45, 7) is 2.53. The molecule has 2 unspecified atom stereocenters. The lowest BCUT2D eigenvalue weighted by atomic mass is 9.95. The van der Waals surface area contributed by atoms with Gasteiger partial charge >= 0.3 is 5.97 Å². The van der Waals surface area contributed by atoms with E-state index in [2.05, 4.69) is 10.9 Å². The molecule has 2 atom stereocenters. The van der Waals surface area contributed by atoms with Gasteiger partial charge in [-0.2, -0.15) is 0 Å². The molecule has 0 amide bonds. The van der Waals surface area contributed by atoms with Crippen LogP contribution in [-0.4, -0.2) is 19.1 Å². The zero-order valence-electron chi connectivity index (χ0n) is 9.57. The van der Waals surface area contributed by atoms with Gasteiger partial charge in [0.2, 0.25) is 0 Å². The van der Waals surface area contributed by atoms with E-state index in [-0.39, 0.29) is 17.8 Å². The maximum absolute atomic E-state index is 13.6. The Labute approximate surface area is 99.1 Å². The summed E-state index contributed by atoms with van der Waals surface area (Å²) in [5, 5.41) is 0. The van der Waals surface area contributed by atoms with Gasteiger partial charge in [-0.15, -0.1) is 0 Å². The van der Waals surface area contributed by atoms with Gasteiger partial charge in [0.15, 0.2) is 0 Å². The van der Waals surface area contributed by atoms with Crippen molar-refractivity contribution in [1.82, 2.24) is 10.9 Å². The zero-order valence-corrected chi connectivity index (χ0v) is 9.57. The summed E-state index contributed by atoms with van der Waals surface area (Å²) in [6, 6.07) is 6.06. The molecule has 0 bridgehead atoms. The van der Waals surface area contributed by atoms with Crippen molar-refractivity contribution in [3.63, 3.8) is 0 Å². The Kier molecular flexibility index (Phi) is 3.71. The highest BCUT2D eigenvalue weighted by atomic mass is 19.1. The van der Waals surface area contributed by atoms with Crippen LogP contribution in [0.1, 0.15) is 18.5 Å². The summed E-state index contributed by atoms with van der Waals surface area (Å²) in [5.74, 6) is -1.02. The highest BCUT2D eigenvalue weighted by Gasteiger charge is 2.36. The number of benzene rings is 1. The van der Waals surface area contributed by atoms with Crippen molar-refractivity contribution in [1.29, 1.82) is 0 Å². The predicted octanol–water partition coefficient (Wildman–Crippen LogP) is 1.15. The summed E-state index contributed by atoms with van der Waals surface area (Å²) in [4.78, 5) is 11.7. The number of hydrazine groups is 1. The first-order valence-corrected chi connectivity index (χ1v) is 5.63. The topological polar surface area (TPSA) is 50.4 Å². The fraction of sp³-hybridized carbons (Fsp3) is 0.417. The van der Waals surface area contributed by atoms with Crippen molar-refractivity contribution in [3.8, 4) is 0 Å². The summed E-state index contributed by atoms with van der Waals surface area (Å²) in [5.41, 5.74) is 6.26. The molecule has 1 heterocycles. The van der Waals surface area contributed by atoms with Crippen LogP contribution in [0, 0.1) is 11.7 Å². The molecule has 1 fully saturated rings. The highest BCUT2D eigenvalue weighted by molar-refractivity contribution is 5.74. The summed E-state index contributed by atoms with van der Waals surface area (Å²) >= 11 is 0. The van der Waals surface area contributed by atoms with Crippen molar-refractivity contribution in [3.05, 3.63) is 35.6 Å². The van der Waals surface area contributed by atoms with E-state index >= 15 is 0 Å². The molecule has 1 aliphatic rings. The molecule has 92 valence electrons. The minimum Gasteiger partial charge on any atom is -0.466 e. The second-order valence-electron chi connectivity index (χ2n) is 3.88. The molecule has 1 aliphatic heterocycles.